The van der Waals surface area contributed by atoms with Crippen LogP contribution in [0.5, 0.6) is 5.75 Å². The van der Waals surface area contributed by atoms with Gasteiger partial charge < -0.3 is 20.2 Å². The molecule has 2 fully saturated rings. The van der Waals surface area contributed by atoms with Crippen LogP contribution in [0.15, 0.2) is 42.5 Å². The van der Waals surface area contributed by atoms with Gasteiger partial charge in [0.15, 0.2) is 5.82 Å². The van der Waals surface area contributed by atoms with Gasteiger partial charge in [-0.05, 0) is 48.6 Å². The van der Waals surface area contributed by atoms with E-state index >= 15 is 4.39 Å². The topological polar surface area (TPSA) is 64.5 Å². The van der Waals surface area contributed by atoms with E-state index in [1.807, 2.05) is 24.3 Å². The van der Waals surface area contributed by atoms with E-state index < -0.39 is 5.82 Å². The summed E-state index contributed by atoms with van der Waals surface area (Å²) >= 11 is 6.77. The van der Waals surface area contributed by atoms with Crippen molar-refractivity contribution in [1.82, 2.24) is 20.2 Å². The molecule has 8 heteroatoms. The van der Waals surface area contributed by atoms with Gasteiger partial charge in [0.05, 0.1) is 10.7 Å². The van der Waals surface area contributed by atoms with E-state index in [2.05, 4.69) is 36.1 Å². The molecule has 0 radical (unpaired) electrons. The van der Waals surface area contributed by atoms with Gasteiger partial charge in [0, 0.05) is 48.6 Å². The second-order valence-corrected chi connectivity index (χ2v) is 10.6. The average molecular weight is 492 g/mol. The molecule has 6 rings (SSSR count). The molecule has 2 saturated heterocycles. The molecule has 2 N–H and O–H groups in total. The lowest BCUT2D eigenvalue weighted by Gasteiger charge is -2.44. The van der Waals surface area contributed by atoms with Crippen LogP contribution >= 0.6 is 11.6 Å². The van der Waals surface area contributed by atoms with Crippen LogP contribution in [0, 0.1) is 5.82 Å². The van der Waals surface area contributed by atoms with E-state index in [9.17, 15) is 5.11 Å². The molecule has 6 nitrogen and oxygen atoms in total. The van der Waals surface area contributed by atoms with E-state index in [4.69, 9.17) is 21.6 Å². The summed E-state index contributed by atoms with van der Waals surface area (Å²) in [5.74, 6) is 0.113. The largest absolute Gasteiger partial charge is 0.508 e. The molecular weight excluding hydrogens is 465 g/mol. The summed E-state index contributed by atoms with van der Waals surface area (Å²) in [7, 11) is 4.12. The number of nitrogens with one attached hydrogen (secondary N) is 1. The van der Waals surface area contributed by atoms with Gasteiger partial charge in [-0.3, -0.25) is 0 Å². The highest BCUT2D eigenvalue weighted by atomic mass is 35.5. The second kappa shape index (κ2) is 8.01. The van der Waals surface area contributed by atoms with E-state index in [0.717, 1.165) is 42.6 Å². The van der Waals surface area contributed by atoms with Gasteiger partial charge in [-0.15, -0.1) is 0 Å². The molecule has 1 aromatic heterocycles. The van der Waals surface area contributed by atoms with Gasteiger partial charge in [0.2, 0.25) is 5.95 Å². The average Bonchev–Trinajstić information content (AvgIpc) is 2.76. The monoisotopic (exact) mass is 491 g/mol. The highest BCUT2D eigenvalue weighted by Gasteiger charge is 2.39. The molecule has 0 bridgehead atoms. The van der Waals surface area contributed by atoms with Crippen molar-refractivity contribution in [1.29, 1.82) is 0 Å². The molecule has 35 heavy (non-hydrogen) atoms. The third-order valence-electron chi connectivity index (χ3n) is 7.46. The van der Waals surface area contributed by atoms with E-state index in [-0.39, 0.29) is 27.3 Å². The predicted molar refractivity (Wildman–Crippen MR) is 139 cm³/mol. The van der Waals surface area contributed by atoms with Gasteiger partial charge in [-0.25, -0.2) is 14.4 Å². The summed E-state index contributed by atoms with van der Waals surface area (Å²) < 4.78 is 16.4. The number of likely N-dealkylation sites (N-methyl/N-ethyl adjacent to an activating group) is 1. The van der Waals surface area contributed by atoms with Crippen LogP contribution in [0.2, 0.25) is 5.02 Å². The van der Waals surface area contributed by atoms with Crippen molar-refractivity contribution in [2.75, 3.05) is 45.2 Å². The van der Waals surface area contributed by atoms with Gasteiger partial charge in [0.1, 0.15) is 11.3 Å². The molecule has 0 aliphatic carbocycles. The predicted octanol–water partition coefficient (Wildman–Crippen LogP) is 4.56. The molecule has 0 saturated carbocycles. The summed E-state index contributed by atoms with van der Waals surface area (Å²) in [6, 6.07) is 13.0. The van der Waals surface area contributed by atoms with Crippen molar-refractivity contribution < 1.29 is 9.50 Å². The number of anilines is 1. The Hall–Kier alpha value is -3.00. The van der Waals surface area contributed by atoms with Crippen LogP contribution in [0.3, 0.4) is 0 Å². The Morgan fingerprint density at radius 2 is 1.86 bits per heavy atom. The van der Waals surface area contributed by atoms with Gasteiger partial charge in [-0.1, -0.05) is 42.8 Å². The highest BCUT2D eigenvalue weighted by molar-refractivity contribution is 6.34. The van der Waals surface area contributed by atoms with Crippen LogP contribution in [-0.4, -0.2) is 66.3 Å². The van der Waals surface area contributed by atoms with Crippen molar-refractivity contribution >= 4 is 39.2 Å². The Morgan fingerprint density at radius 3 is 2.54 bits per heavy atom. The lowest BCUT2D eigenvalue weighted by molar-refractivity contribution is 0.244. The minimum atomic E-state index is -0.492. The van der Waals surface area contributed by atoms with Crippen molar-refractivity contribution in [3.63, 3.8) is 0 Å². The first-order valence-electron chi connectivity index (χ1n) is 11.8. The summed E-state index contributed by atoms with van der Waals surface area (Å²) in [4.78, 5) is 14.0. The summed E-state index contributed by atoms with van der Waals surface area (Å²) in [6.45, 7) is 5.25. The number of benzene rings is 3. The summed E-state index contributed by atoms with van der Waals surface area (Å²) in [5.41, 5.74) is 1.64. The molecule has 2 aliphatic rings. The fourth-order valence-corrected chi connectivity index (χ4v) is 5.44. The Kier molecular flexibility index (Phi) is 5.14. The number of aromatic nitrogens is 2. The minimum Gasteiger partial charge on any atom is -0.508 e. The van der Waals surface area contributed by atoms with E-state index in [1.165, 1.54) is 0 Å². The Balaban J connectivity index is 1.59. The number of phenols is 1. The molecule has 4 aromatic rings. The van der Waals surface area contributed by atoms with Crippen LogP contribution in [0.1, 0.15) is 12.6 Å². The quantitative estimate of drug-likeness (QED) is 0.436. The van der Waals surface area contributed by atoms with Crippen LogP contribution in [0.25, 0.3) is 32.8 Å². The van der Waals surface area contributed by atoms with Gasteiger partial charge >= 0.3 is 0 Å². The van der Waals surface area contributed by atoms with Gasteiger partial charge in [-0.2, -0.15) is 0 Å². The second-order valence-electron chi connectivity index (χ2n) is 10.2. The zero-order valence-electron chi connectivity index (χ0n) is 19.9. The Morgan fingerprint density at radius 1 is 1.11 bits per heavy atom. The van der Waals surface area contributed by atoms with Crippen molar-refractivity contribution in [3.05, 3.63) is 59.0 Å². The molecule has 0 atom stereocenters. The first-order valence-corrected chi connectivity index (χ1v) is 12.2. The summed E-state index contributed by atoms with van der Waals surface area (Å²) in [6.07, 6.45) is 0. The van der Waals surface area contributed by atoms with Gasteiger partial charge in [0.25, 0.3) is 0 Å². The Bertz CT molecular complexity index is 1480. The first-order chi connectivity index (χ1) is 16.7. The standard InChI is InChI=1S/C27H27ClFN5O/c1-27(13-30-14-27)25-20-10-21(28)22(19-9-17(35)8-15-6-4-5-7-18(15)19)23(29)24(20)31-26(32-25)34-11-16(12-34)33(2)3/h4-10,16,30,35H,11-14H2,1-3H3. The summed E-state index contributed by atoms with van der Waals surface area (Å²) in [5, 5.41) is 16.2. The van der Waals surface area contributed by atoms with Crippen molar-refractivity contribution in [2.24, 2.45) is 0 Å². The molecule has 2 aliphatic heterocycles. The maximum absolute atomic E-state index is 16.4. The zero-order chi connectivity index (χ0) is 24.5. The maximum Gasteiger partial charge on any atom is 0.226 e. The van der Waals surface area contributed by atoms with Crippen molar-refractivity contribution in [3.8, 4) is 16.9 Å². The number of nitrogens with zero attached hydrogens (tertiary/aromatic N) is 4. The maximum atomic E-state index is 16.4. The smallest absolute Gasteiger partial charge is 0.226 e. The zero-order valence-corrected chi connectivity index (χ0v) is 20.7. The van der Waals surface area contributed by atoms with Crippen molar-refractivity contribution in [2.45, 2.75) is 18.4 Å². The number of hydrogen-bond donors (Lipinski definition) is 2. The molecule has 0 unspecified atom stereocenters. The number of hydrogen-bond acceptors (Lipinski definition) is 6. The molecule has 3 aromatic carbocycles. The van der Waals surface area contributed by atoms with E-state index in [0.29, 0.717) is 22.9 Å². The van der Waals surface area contributed by atoms with Crippen LogP contribution in [0.4, 0.5) is 10.3 Å². The van der Waals surface area contributed by atoms with Crippen LogP contribution in [-0.2, 0) is 5.41 Å². The SMILES string of the molecule is CN(C)C1CN(c2nc(C3(C)CNC3)c3cc(Cl)c(-c4cc(O)cc5ccccc45)c(F)c3n2)C1. The molecule has 0 amide bonds. The number of fused-ring (bicyclic) bond motifs is 2. The minimum absolute atomic E-state index is 0.0571. The fourth-order valence-electron chi connectivity index (χ4n) is 5.15. The third kappa shape index (κ3) is 3.53. The number of phenolic OH excluding ortho intramolecular Hbond substituents is 1. The molecular formula is C27H27ClFN5O. The molecule has 0 spiro atoms. The number of aromatic hydroxyl groups is 1. The molecule has 180 valence electrons. The van der Waals surface area contributed by atoms with E-state index in [1.54, 1.807) is 18.2 Å². The molecule has 3 heterocycles. The first kappa shape index (κ1) is 22.5. The lowest BCUT2D eigenvalue weighted by Crippen LogP contribution is -2.58. The van der Waals surface area contributed by atoms with Crippen LogP contribution < -0.4 is 10.2 Å². The highest BCUT2D eigenvalue weighted by Crippen LogP contribution is 2.43. The normalized spacial score (nSPS) is 17.7. The number of halogens is 2. The number of rotatable bonds is 4. The third-order valence-corrected chi connectivity index (χ3v) is 7.76. The fraction of sp³-hybridized carbons (Fsp3) is 0.333. The lowest BCUT2D eigenvalue weighted by atomic mass is 9.78. The Labute approximate surface area is 208 Å².